The van der Waals surface area contributed by atoms with Crippen molar-refractivity contribution in [1.29, 1.82) is 0 Å². The molecule has 0 saturated carbocycles. The van der Waals surface area contributed by atoms with Crippen LogP contribution < -0.4 is 24.8 Å². The van der Waals surface area contributed by atoms with E-state index in [4.69, 9.17) is 18.9 Å². The minimum atomic E-state index is -1.25. The van der Waals surface area contributed by atoms with Gasteiger partial charge in [-0.15, -0.1) is 11.8 Å². The first-order chi connectivity index (χ1) is 39.6. The molecular weight excluding hydrogens is 1090 g/mol. The van der Waals surface area contributed by atoms with E-state index in [0.29, 0.717) is 90.5 Å². The molecule has 0 radical (unpaired) electrons. The fourth-order valence-corrected chi connectivity index (χ4v) is 12.8. The first-order valence-electron chi connectivity index (χ1n) is 28.0. The minimum absolute atomic E-state index is 0.00341. The number of thioether (sulfide) groups is 1. The predicted molar refractivity (Wildman–Crippen MR) is 308 cm³/mol. The predicted octanol–water partition coefficient (Wildman–Crippen LogP) is 7.28. The summed E-state index contributed by atoms with van der Waals surface area (Å²) in [4.78, 5) is 111. The molecule has 4 aromatic carbocycles. The smallest absolute Gasteiger partial charge is 0.353 e. The van der Waals surface area contributed by atoms with Crippen LogP contribution >= 0.6 is 11.8 Å². The Hall–Kier alpha value is -7.75. The van der Waals surface area contributed by atoms with Crippen molar-refractivity contribution in [2.24, 2.45) is 17.3 Å². The average Bonchev–Trinajstić information content (AvgIpc) is 1.78. The molecule has 4 amide bonds. The number of β-lactam (4-membered cyclic amide) rings is 1. The van der Waals surface area contributed by atoms with Gasteiger partial charge < -0.3 is 54.7 Å². The van der Waals surface area contributed by atoms with E-state index in [1.807, 2.05) is 36.9 Å². The standard InChI is InChI=1S/C62H73N5O15S/c1-8-62(4,5)54(69)58(73)66-27-10-9-17-45(66)61(78)82-47(24-20-37-21-25-48(79-6)49(29-37)80-7)40-13-12-16-43(31-40)81-28-26-63-55(70)39-22-18-38(19-23-39)33-65-34-44(32-46(65)56(71)64-42-15-11-14-41(30-42)59(74)75)83-53-35(2)51-50(36(3)68)57(72)67(51)52(53)60(76)77/h11-16,18-19,21-23,25,29-31,35-36,44-47,50-51,68H,8-10,17,20,24,26-28,32-34H2,1-7H3,(H,63,70)(H,64,71)(H,74,75)(H,76,77)/t35-,36-,44+,45+,46+,47-,50-,51-/m1/s1. The van der Waals surface area contributed by atoms with Crippen molar-refractivity contribution < 1.29 is 72.6 Å². The summed E-state index contributed by atoms with van der Waals surface area (Å²) in [5, 5.41) is 35.7. The van der Waals surface area contributed by atoms with Gasteiger partial charge in [0.15, 0.2) is 11.5 Å². The summed E-state index contributed by atoms with van der Waals surface area (Å²) in [5.41, 5.74) is 1.98. The summed E-state index contributed by atoms with van der Waals surface area (Å²) in [5.74, 6) is -4.95. The maximum atomic E-state index is 14.2. The molecule has 442 valence electrons. The molecule has 8 atom stereocenters. The molecule has 4 heterocycles. The van der Waals surface area contributed by atoms with Gasteiger partial charge in [0, 0.05) is 52.4 Å². The number of carboxylic acid groups (broad SMARTS) is 2. The normalized spacial score (nSPS) is 21.3. The van der Waals surface area contributed by atoms with Gasteiger partial charge in [-0.05, 0) is 123 Å². The third kappa shape index (κ3) is 13.9. The number of aliphatic carboxylic acids is 1. The van der Waals surface area contributed by atoms with Gasteiger partial charge in [0.25, 0.3) is 11.8 Å². The maximum Gasteiger partial charge on any atom is 0.353 e. The zero-order valence-corrected chi connectivity index (χ0v) is 48.6. The van der Waals surface area contributed by atoms with E-state index in [0.717, 1.165) is 11.1 Å². The van der Waals surface area contributed by atoms with Gasteiger partial charge in [0.2, 0.25) is 17.6 Å². The zero-order chi connectivity index (χ0) is 59.9. The van der Waals surface area contributed by atoms with Gasteiger partial charge in [-0.1, -0.05) is 64.1 Å². The molecule has 4 aliphatic rings. The van der Waals surface area contributed by atoms with Crippen LogP contribution in [-0.4, -0.2) is 147 Å². The highest BCUT2D eigenvalue weighted by Gasteiger charge is 2.60. The highest BCUT2D eigenvalue weighted by atomic mass is 32.2. The van der Waals surface area contributed by atoms with E-state index in [-0.39, 0.29) is 54.6 Å². The second-order valence-corrected chi connectivity index (χ2v) is 23.5. The van der Waals surface area contributed by atoms with Crippen LogP contribution in [0.3, 0.4) is 0 Å². The lowest BCUT2D eigenvalue weighted by atomic mass is 9.79. The number of likely N-dealkylation sites (tertiary alicyclic amines) is 2. The number of esters is 1. The van der Waals surface area contributed by atoms with Gasteiger partial charge in [-0.2, -0.15) is 0 Å². The Morgan fingerprint density at radius 1 is 0.843 bits per heavy atom. The van der Waals surface area contributed by atoms with Crippen LogP contribution in [0.2, 0.25) is 0 Å². The highest BCUT2D eigenvalue weighted by molar-refractivity contribution is 8.03. The number of carbonyl (C=O) groups is 8. The lowest BCUT2D eigenvalue weighted by Crippen LogP contribution is -2.63. The molecule has 5 N–H and O–H groups in total. The Morgan fingerprint density at radius 3 is 2.25 bits per heavy atom. The van der Waals surface area contributed by atoms with Crippen LogP contribution in [0.25, 0.3) is 0 Å². The summed E-state index contributed by atoms with van der Waals surface area (Å²) in [6.07, 6.45) is 1.55. The fourth-order valence-electron chi connectivity index (χ4n) is 11.3. The van der Waals surface area contributed by atoms with Crippen LogP contribution in [0.1, 0.15) is 117 Å². The van der Waals surface area contributed by atoms with Gasteiger partial charge >= 0.3 is 17.9 Å². The number of ether oxygens (including phenoxy) is 4. The topological polar surface area (TPSA) is 268 Å². The van der Waals surface area contributed by atoms with Crippen molar-refractivity contribution in [1.82, 2.24) is 20.0 Å². The Balaban J connectivity index is 0.913. The van der Waals surface area contributed by atoms with Gasteiger partial charge in [-0.3, -0.25) is 28.9 Å². The summed E-state index contributed by atoms with van der Waals surface area (Å²) in [7, 11) is 3.11. The largest absolute Gasteiger partial charge is 0.493 e. The highest BCUT2D eigenvalue weighted by Crippen LogP contribution is 2.52. The van der Waals surface area contributed by atoms with Gasteiger partial charge in [-0.25, -0.2) is 14.4 Å². The molecule has 0 unspecified atom stereocenters. The molecule has 0 aliphatic carbocycles. The summed E-state index contributed by atoms with van der Waals surface area (Å²) in [6, 6.07) is 23.3. The molecule has 83 heavy (non-hydrogen) atoms. The Labute approximate surface area is 486 Å². The second kappa shape index (κ2) is 26.7. The lowest BCUT2D eigenvalue weighted by Gasteiger charge is -2.46. The van der Waals surface area contributed by atoms with Crippen LogP contribution in [0.15, 0.2) is 102 Å². The number of hydrogen-bond acceptors (Lipinski definition) is 15. The number of hydrogen-bond donors (Lipinski definition) is 5. The number of nitrogens with one attached hydrogen (secondary N) is 2. The second-order valence-electron chi connectivity index (χ2n) is 22.2. The maximum absolute atomic E-state index is 14.2. The quantitative estimate of drug-likeness (QED) is 0.0189. The van der Waals surface area contributed by atoms with E-state index < -0.39 is 83.1 Å². The van der Waals surface area contributed by atoms with Crippen LogP contribution in [-0.2, 0) is 46.5 Å². The number of nitrogens with zero attached hydrogens (tertiary/aromatic N) is 3. The summed E-state index contributed by atoms with van der Waals surface area (Å²) in [6.45, 7) is 9.76. The Morgan fingerprint density at radius 2 is 1.57 bits per heavy atom. The minimum Gasteiger partial charge on any atom is -0.493 e. The number of piperidine rings is 1. The molecule has 3 fully saturated rings. The van der Waals surface area contributed by atoms with Gasteiger partial charge in [0.1, 0.15) is 30.2 Å². The molecule has 4 aliphatic heterocycles. The SMILES string of the molecule is CCC(C)(C)C(=O)C(=O)N1CCCC[C@H]1C(=O)O[C@H](CCc1ccc(OC)c(OC)c1)c1cccc(OCCNC(=O)c2ccc(CN3C[C@@H](SC4=C(C(=O)O)N5C(=O)[C@H]([C@@H](C)O)[C@H]5[C@H]4C)C[C@H]3C(=O)Nc3cccc(C(=O)O)c3)cc2)c1. The molecule has 21 heteroatoms. The molecule has 0 spiro atoms. The van der Waals surface area contributed by atoms with Crippen LogP contribution in [0, 0.1) is 17.3 Å². The van der Waals surface area contributed by atoms with E-state index in [1.165, 1.54) is 46.7 Å². The van der Waals surface area contributed by atoms with E-state index in [2.05, 4.69) is 10.6 Å². The summed E-state index contributed by atoms with van der Waals surface area (Å²) < 4.78 is 23.4. The van der Waals surface area contributed by atoms with Crippen molar-refractivity contribution in [2.75, 3.05) is 45.8 Å². The van der Waals surface area contributed by atoms with Crippen LogP contribution in [0.4, 0.5) is 5.69 Å². The first kappa shape index (κ1) is 61.3. The molecular formula is C62H73N5O15S. The number of Topliss-reactive ketones (excluding diaryl/α,β-unsaturated/α-hetero) is 1. The van der Waals surface area contributed by atoms with Crippen molar-refractivity contribution in [3.8, 4) is 17.2 Å². The van der Waals surface area contributed by atoms with E-state index >= 15 is 0 Å². The van der Waals surface area contributed by atoms with Crippen LogP contribution in [0.5, 0.6) is 17.2 Å². The monoisotopic (exact) mass is 1160 g/mol. The van der Waals surface area contributed by atoms with E-state index in [1.54, 1.807) is 82.7 Å². The molecule has 8 rings (SSSR count). The number of aryl methyl sites for hydroxylation is 1. The Kier molecular flexibility index (Phi) is 19.7. The van der Waals surface area contributed by atoms with Crippen molar-refractivity contribution in [3.05, 3.63) is 129 Å². The number of methoxy groups -OCH3 is 2. The number of aliphatic hydroxyl groups is 1. The molecule has 0 aromatic heterocycles. The van der Waals surface area contributed by atoms with Crippen molar-refractivity contribution in [2.45, 2.75) is 122 Å². The number of amides is 4. The number of rotatable bonds is 25. The number of benzene rings is 4. The fraction of sp³-hybridized carbons (Fsp3) is 0.452. The number of fused-ring (bicyclic) bond motifs is 1. The number of carbonyl (C=O) groups excluding carboxylic acids is 6. The summed E-state index contributed by atoms with van der Waals surface area (Å²) >= 11 is 1.32. The number of carboxylic acids is 2. The molecule has 4 aromatic rings. The average molecular weight is 1160 g/mol. The number of aromatic carboxylic acids is 1. The van der Waals surface area contributed by atoms with Crippen molar-refractivity contribution >= 4 is 64.8 Å². The number of anilines is 1. The van der Waals surface area contributed by atoms with E-state index in [9.17, 15) is 53.7 Å². The lowest BCUT2D eigenvalue weighted by molar-refractivity contribution is -0.164. The number of ketones is 1. The third-order valence-corrected chi connectivity index (χ3v) is 17.8. The van der Waals surface area contributed by atoms with Crippen molar-refractivity contribution in [3.63, 3.8) is 0 Å². The number of aliphatic hydroxyl groups excluding tert-OH is 1. The molecule has 0 bridgehead atoms. The van der Waals surface area contributed by atoms with Gasteiger partial charge in [0.05, 0.1) is 50.4 Å². The molecule has 3 saturated heterocycles. The molecule has 20 nitrogen and oxygen atoms in total. The first-order valence-corrected chi connectivity index (χ1v) is 28.9. The zero-order valence-electron chi connectivity index (χ0n) is 47.8. The third-order valence-electron chi connectivity index (χ3n) is 16.3. The Bertz CT molecular complexity index is 3150.